The van der Waals surface area contributed by atoms with Crippen LogP contribution in [-0.2, 0) is 4.74 Å². The van der Waals surface area contributed by atoms with Crippen LogP contribution in [0.5, 0.6) is 5.75 Å². The number of carboxylic acid groups (broad SMARTS) is 1. The molecule has 0 amide bonds. The summed E-state index contributed by atoms with van der Waals surface area (Å²) in [6, 6.07) is 3.31. The quantitative estimate of drug-likeness (QED) is 0.891. The molecule has 5 heteroatoms. The van der Waals surface area contributed by atoms with Crippen molar-refractivity contribution < 1.29 is 19.4 Å². The summed E-state index contributed by atoms with van der Waals surface area (Å²) >= 11 is 0. The fourth-order valence-electron chi connectivity index (χ4n) is 2.27. The monoisotopic (exact) mass is 251 g/mol. The van der Waals surface area contributed by atoms with E-state index in [-0.39, 0.29) is 24.0 Å². The average molecular weight is 251 g/mol. The maximum absolute atomic E-state index is 11.0. The van der Waals surface area contributed by atoms with Gasteiger partial charge in [0.05, 0.1) is 12.2 Å². The Hall–Kier alpha value is -1.62. The van der Waals surface area contributed by atoms with Crippen LogP contribution in [0.1, 0.15) is 37.2 Å². The van der Waals surface area contributed by atoms with Crippen molar-refractivity contribution in [2.45, 2.75) is 45.0 Å². The molecule has 2 unspecified atom stereocenters. The second kappa shape index (κ2) is 5.35. The van der Waals surface area contributed by atoms with E-state index in [1.54, 1.807) is 12.1 Å². The minimum Gasteiger partial charge on any atom is -0.488 e. The lowest BCUT2D eigenvalue weighted by molar-refractivity contribution is -0.0723. The number of hydrogen-bond donors (Lipinski definition) is 1. The molecule has 2 atom stereocenters. The summed E-state index contributed by atoms with van der Waals surface area (Å²) in [7, 11) is 0. The lowest BCUT2D eigenvalue weighted by Gasteiger charge is -2.32. The predicted molar refractivity (Wildman–Crippen MR) is 64.9 cm³/mol. The van der Waals surface area contributed by atoms with Crippen LogP contribution in [0.3, 0.4) is 0 Å². The molecule has 2 rings (SSSR count). The maximum atomic E-state index is 11.0. The number of hydrogen-bond acceptors (Lipinski definition) is 4. The van der Waals surface area contributed by atoms with Gasteiger partial charge in [0.25, 0.3) is 0 Å². The van der Waals surface area contributed by atoms with Gasteiger partial charge in [-0.1, -0.05) is 0 Å². The van der Waals surface area contributed by atoms with E-state index >= 15 is 0 Å². The molecule has 98 valence electrons. The van der Waals surface area contributed by atoms with E-state index in [0.29, 0.717) is 5.75 Å². The highest BCUT2D eigenvalue weighted by Gasteiger charge is 2.27. The Balaban J connectivity index is 2.11. The van der Waals surface area contributed by atoms with E-state index in [4.69, 9.17) is 14.6 Å². The SMILES string of the molecule is CC1CC(Oc2cccnc2C(=O)O)CC(C)O1. The minimum absolute atomic E-state index is 0.0222. The Bertz CT molecular complexity index is 425. The molecule has 18 heavy (non-hydrogen) atoms. The summed E-state index contributed by atoms with van der Waals surface area (Å²) in [4.78, 5) is 14.9. The Labute approximate surface area is 106 Å². The van der Waals surface area contributed by atoms with Gasteiger partial charge in [0.1, 0.15) is 6.10 Å². The van der Waals surface area contributed by atoms with Crippen molar-refractivity contribution >= 4 is 5.97 Å². The van der Waals surface area contributed by atoms with Crippen molar-refractivity contribution in [1.29, 1.82) is 0 Å². The third kappa shape index (κ3) is 2.98. The standard InChI is InChI=1S/C13H17NO4/c1-8-6-10(7-9(2)17-8)18-11-4-3-5-14-12(11)13(15)16/h3-5,8-10H,6-7H2,1-2H3,(H,15,16). The predicted octanol–water partition coefficient (Wildman–Crippen LogP) is 2.11. The topological polar surface area (TPSA) is 68.7 Å². The van der Waals surface area contributed by atoms with Gasteiger partial charge in [0.2, 0.25) is 0 Å². The molecular weight excluding hydrogens is 234 g/mol. The third-order valence-corrected chi connectivity index (χ3v) is 2.92. The third-order valence-electron chi connectivity index (χ3n) is 2.92. The molecule has 2 heterocycles. The molecule has 0 saturated carbocycles. The molecule has 1 aromatic heterocycles. The number of ether oxygens (including phenoxy) is 2. The molecule has 0 radical (unpaired) electrons. The molecule has 1 aromatic rings. The van der Waals surface area contributed by atoms with E-state index in [9.17, 15) is 4.79 Å². The Morgan fingerprint density at radius 3 is 2.72 bits per heavy atom. The van der Waals surface area contributed by atoms with Crippen molar-refractivity contribution in [3.8, 4) is 5.75 Å². The normalized spacial score (nSPS) is 27.8. The molecule has 0 spiro atoms. The van der Waals surface area contributed by atoms with Crippen LogP contribution in [0, 0.1) is 0 Å². The van der Waals surface area contributed by atoms with Crippen LogP contribution in [0.25, 0.3) is 0 Å². The van der Waals surface area contributed by atoms with Crippen molar-refractivity contribution in [3.05, 3.63) is 24.0 Å². The van der Waals surface area contributed by atoms with E-state index in [2.05, 4.69) is 4.98 Å². The van der Waals surface area contributed by atoms with Crippen LogP contribution in [0.2, 0.25) is 0 Å². The van der Waals surface area contributed by atoms with Gasteiger partial charge >= 0.3 is 5.97 Å². The highest BCUT2D eigenvalue weighted by Crippen LogP contribution is 2.25. The van der Waals surface area contributed by atoms with Gasteiger partial charge < -0.3 is 14.6 Å². The molecule has 1 saturated heterocycles. The van der Waals surface area contributed by atoms with Gasteiger partial charge in [0, 0.05) is 19.0 Å². The molecule has 0 bridgehead atoms. The zero-order valence-corrected chi connectivity index (χ0v) is 10.5. The number of pyridine rings is 1. The summed E-state index contributed by atoms with van der Waals surface area (Å²) in [5.41, 5.74) is -0.0377. The minimum atomic E-state index is -1.07. The first-order valence-corrected chi connectivity index (χ1v) is 6.06. The molecular formula is C13H17NO4. The molecule has 1 fully saturated rings. The smallest absolute Gasteiger partial charge is 0.358 e. The van der Waals surface area contributed by atoms with Gasteiger partial charge in [-0.15, -0.1) is 0 Å². The summed E-state index contributed by atoms with van der Waals surface area (Å²) in [6.45, 7) is 3.99. The van der Waals surface area contributed by atoms with Crippen molar-refractivity contribution in [3.63, 3.8) is 0 Å². The summed E-state index contributed by atoms with van der Waals surface area (Å²) < 4.78 is 11.4. The number of carbonyl (C=O) groups is 1. The number of aromatic nitrogens is 1. The highest BCUT2D eigenvalue weighted by atomic mass is 16.5. The number of carboxylic acids is 1. The fraction of sp³-hybridized carbons (Fsp3) is 0.538. The second-order valence-corrected chi connectivity index (χ2v) is 4.62. The van der Waals surface area contributed by atoms with Crippen molar-refractivity contribution in [2.75, 3.05) is 0 Å². The second-order valence-electron chi connectivity index (χ2n) is 4.62. The zero-order valence-electron chi connectivity index (χ0n) is 10.5. The Kier molecular flexibility index (Phi) is 3.81. The average Bonchev–Trinajstić information content (AvgIpc) is 2.27. The van der Waals surface area contributed by atoms with Crippen LogP contribution < -0.4 is 4.74 Å². The van der Waals surface area contributed by atoms with Crippen LogP contribution >= 0.6 is 0 Å². The largest absolute Gasteiger partial charge is 0.488 e. The van der Waals surface area contributed by atoms with Crippen molar-refractivity contribution in [1.82, 2.24) is 4.98 Å². The van der Waals surface area contributed by atoms with E-state index in [1.807, 2.05) is 13.8 Å². The van der Waals surface area contributed by atoms with Gasteiger partial charge in [-0.05, 0) is 26.0 Å². The maximum Gasteiger partial charge on any atom is 0.358 e. The van der Waals surface area contributed by atoms with E-state index in [1.165, 1.54) is 6.20 Å². The van der Waals surface area contributed by atoms with Gasteiger partial charge in [0.15, 0.2) is 11.4 Å². The van der Waals surface area contributed by atoms with Gasteiger partial charge in [-0.3, -0.25) is 0 Å². The van der Waals surface area contributed by atoms with E-state index < -0.39 is 5.97 Å². The summed E-state index contributed by atoms with van der Waals surface area (Å²) in [6.07, 6.45) is 3.21. The van der Waals surface area contributed by atoms with E-state index in [0.717, 1.165) is 12.8 Å². The first kappa shape index (κ1) is 12.8. The Morgan fingerprint density at radius 2 is 2.11 bits per heavy atom. The first-order valence-electron chi connectivity index (χ1n) is 6.06. The van der Waals surface area contributed by atoms with Crippen LogP contribution in [0.15, 0.2) is 18.3 Å². The number of nitrogens with zero attached hydrogens (tertiary/aromatic N) is 1. The van der Waals surface area contributed by atoms with Crippen molar-refractivity contribution in [2.24, 2.45) is 0 Å². The molecule has 0 aromatic carbocycles. The number of rotatable bonds is 3. The molecule has 1 N–H and O–H groups in total. The summed E-state index contributed by atoms with van der Waals surface area (Å²) in [5.74, 6) is -0.741. The van der Waals surface area contributed by atoms with Crippen LogP contribution in [0.4, 0.5) is 0 Å². The molecule has 5 nitrogen and oxygen atoms in total. The molecule has 0 aliphatic carbocycles. The highest BCUT2D eigenvalue weighted by molar-refractivity contribution is 5.88. The molecule has 1 aliphatic heterocycles. The van der Waals surface area contributed by atoms with Crippen LogP contribution in [-0.4, -0.2) is 34.4 Å². The van der Waals surface area contributed by atoms with Gasteiger partial charge in [-0.2, -0.15) is 0 Å². The van der Waals surface area contributed by atoms with Gasteiger partial charge in [-0.25, -0.2) is 9.78 Å². The lowest BCUT2D eigenvalue weighted by atomic mass is 10.0. The first-order chi connectivity index (χ1) is 8.56. The number of aromatic carboxylic acids is 1. The Morgan fingerprint density at radius 1 is 1.44 bits per heavy atom. The lowest BCUT2D eigenvalue weighted by Crippen LogP contribution is -2.36. The molecule has 1 aliphatic rings. The fourth-order valence-corrected chi connectivity index (χ4v) is 2.27. The zero-order chi connectivity index (χ0) is 13.1. The summed E-state index contributed by atoms with van der Waals surface area (Å²) in [5, 5.41) is 9.03.